The predicted molar refractivity (Wildman–Crippen MR) is 125 cm³/mol. The van der Waals surface area contributed by atoms with Crippen molar-refractivity contribution in [1.82, 2.24) is 0 Å². The van der Waals surface area contributed by atoms with E-state index in [0.29, 0.717) is 15.7 Å². The fourth-order valence-electron chi connectivity index (χ4n) is 3.82. The summed E-state index contributed by atoms with van der Waals surface area (Å²) in [6.07, 6.45) is 0.725. The van der Waals surface area contributed by atoms with E-state index in [1.807, 2.05) is 31.2 Å². The molecule has 3 aromatic rings. The Balaban J connectivity index is 1.74. The van der Waals surface area contributed by atoms with Crippen molar-refractivity contribution >= 4 is 50.5 Å². The van der Waals surface area contributed by atoms with Crippen LogP contribution in [-0.4, -0.2) is 26.9 Å². The summed E-state index contributed by atoms with van der Waals surface area (Å²) in [5, 5.41) is 0.799. The molecule has 3 aromatic carbocycles. The van der Waals surface area contributed by atoms with E-state index in [9.17, 15) is 13.2 Å². The molecule has 1 aliphatic rings. The van der Waals surface area contributed by atoms with Gasteiger partial charge in [0.05, 0.1) is 10.6 Å². The fraction of sp³-hybridized carbons (Fsp3) is 0.174. The number of rotatable bonds is 5. The van der Waals surface area contributed by atoms with Crippen molar-refractivity contribution in [2.75, 3.05) is 15.7 Å². The molecule has 0 fully saturated rings. The van der Waals surface area contributed by atoms with Crippen LogP contribution in [0.1, 0.15) is 12.5 Å². The van der Waals surface area contributed by atoms with Gasteiger partial charge in [-0.2, -0.15) is 0 Å². The van der Waals surface area contributed by atoms with Gasteiger partial charge in [0.2, 0.25) is 5.91 Å². The lowest BCUT2D eigenvalue weighted by Crippen LogP contribution is -2.45. The molecule has 0 saturated heterocycles. The summed E-state index contributed by atoms with van der Waals surface area (Å²) in [4.78, 5) is 15.1. The minimum atomic E-state index is -4.04. The zero-order chi connectivity index (χ0) is 22.2. The van der Waals surface area contributed by atoms with Gasteiger partial charge in [0, 0.05) is 21.8 Å². The number of fused-ring (bicyclic) bond motifs is 1. The first-order valence-corrected chi connectivity index (χ1v) is 11.9. The monoisotopic (exact) mass is 474 g/mol. The molecule has 1 unspecified atom stereocenters. The van der Waals surface area contributed by atoms with Crippen LogP contribution in [0.25, 0.3) is 0 Å². The molecule has 1 heterocycles. The molecule has 1 atom stereocenters. The van der Waals surface area contributed by atoms with Gasteiger partial charge in [-0.05, 0) is 67.4 Å². The third-order valence-corrected chi connectivity index (χ3v) is 7.53. The summed E-state index contributed by atoms with van der Waals surface area (Å²) < 4.78 is 28.1. The quantitative estimate of drug-likeness (QED) is 0.512. The lowest BCUT2D eigenvalue weighted by Gasteiger charge is -2.29. The second-order valence-corrected chi connectivity index (χ2v) is 10.1. The molecule has 0 saturated carbocycles. The van der Waals surface area contributed by atoms with E-state index in [1.165, 1.54) is 30.3 Å². The minimum absolute atomic E-state index is 0.0412. The number of sulfonamides is 1. The summed E-state index contributed by atoms with van der Waals surface area (Å²) in [5.74, 6) is -0.310. The minimum Gasteiger partial charge on any atom is -0.307 e. The summed E-state index contributed by atoms with van der Waals surface area (Å²) >= 11 is 12.1. The van der Waals surface area contributed by atoms with Gasteiger partial charge in [-0.15, -0.1) is 0 Å². The third-order valence-electron chi connectivity index (χ3n) is 5.25. The van der Waals surface area contributed by atoms with Crippen LogP contribution >= 0.6 is 23.2 Å². The number of hydrogen-bond donors (Lipinski definition) is 0. The third kappa shape index (κ3) is 4.28. The van der Waals surface area contributed by atoms with Gasteiger partial charge < -0.3 is 4.90 Å². The Morgan fingerprint density at radius 2 is 1.71 bits per heavy atom. The maximum Gasteiger partial charge on any atom is 0.264 e. The number of benzene rings is 3. The zero-order valence-corrected chi connectivity index (χ0v) is 19.0. The zero-order valence-electron chi connectivity index (χ0n) is 16.7. The molecule has 0 aliphatic carbocycles. The molecule has 5 nitrogen and oxygen atoms in total. The predicted octanol–water partition coefficient (Wildman–Crippen LogP) is 5.17. The van der Waals surface area contributed by atoms with Crippen molar-refractivity contribution in [3.8, 4) is 0 Å². The number of halogens is 2. The first-order chi connectivity index (χ1) is 14.8. The topological polar surface area (TPSA) is 57.7 Å². The lowest BCUT2D eigenvalue weighted by atomic mass is 10.1. The maximum absolute atomic E-state index is 13.5. The van der Waals surface area contributed by atoms with Crippen LogP contribution in [0.2, 0.25) is 10.0 Å². The van der Waals surface area contributed by atoms with Crippen LogP contribution in [-0.2, 0) is 21.2 Å². The Morgan fingerprint density at radius 1 is 1.00 bits per heavy atom. The second-order valence-electron chi connectivity index (χ2n) is 7.39. The summed E-state index contributed by atoms with van der Waals surface area (Å²) in [6, 6.07) is 19.9. The SMILES string of the molecule is CC1Cc2ccccc2N1C(=O)CN(c1cccc(Cl)c1)S(=O)(=O)c1ccc(Cl)cc1. The largest absolute Gasteiger partial charge is 0.307 e. The summed E-state index contributed by atoms with van der Waals surface area (Å²) in [6.45, 7) is 1.60. The van der Waals surface area contributed by atoms with Gasteiger partial charge in [-0.3, -0.25) is 9.10 Å². The Bertz CT molecular complexity index is 1230. The second kappa shape index (κ2) is 8.54. The molecule has 0 aromatic heterocycles. The molecule has 4 rings (SSSR count). The number of carbonyl (C=O) groups excluding carboxylic acids is 1. The standard InChI is InChI=1S/C23H20Cl2N2O3S/c1-16-13-17-5-2-3-8-22(17)27(16)23(28)15-26(20-7-4-6-19(25)14-20)31(29,30)21-11-9-18(24)10-12-21/h2-12,14,16H,13,15H2,1H3. The van der Waals surface area contributed by atoms with E-state index in [0.717, 1.165) is 22.0 Å². The maximum atomic E-state index is 13.5. The van der Waals surface area contributed by atoms with Gasteiger partial charge in [0.25, 0.3) is 10.0 Å². The van der Waals surface area contributed by atoms with Crippen molar-refractivity contribution in [3.05, 3.63) is 88.4 Å². The molecule has 160 valence electrons. The Morgan fingerprint density at radius 3 is 2.42 bits per heavy atom. The van der Waals surface area contributed by atoms with Crippen molar-refractivity contribution in [3.63, 3.8) is 0 Å². The van der Waals surface area contributed by atoms with Crippen molar-refractivity contribution in [1.29, 1.82) is 0 Å². The number of hydrogen-bond acceptors (Lipinski definition) is 3. The van der Waals surface area contributed by atoms with Crippen molar-refractivity contribution in [2.45, 2.75) is 24.3 Å². The van der Waals surface area contributed by atoms with Gasteiger partial charge in [0.15, 0.2) is 0 Å². The molecule has 8 heteroatoms. The fourth-order valence-corrected chi connectivity index (χ4v) is 5.54. The van der Waals surface area contributed by atoms with Crippen LogP contribution in [0.4, 0.5) is 11.4 Å². The van der Waals surface area contributed by atoms with Crippen molar-refractivity contribution < 1.29 is 13.2 Å². The molecule has 1 aliphatic heterocycles. The van der Waals surface area contributed by atoms with E-state index in [-0.39, 0.29) is 23.4 Å². The molecule has 0 N–H and O–H groups in total. The number of anilines is 2. The molecular formula is C23H20Cl2N2O3S. The Hall–Kier alpha value is -2.54. The van der Waals surface area contributed by atoms with E-state index in [1.54, 1.807) is 23.1 Å². The molecular weight excluding hydrogens is 455 g/mol. The van der Waals surface area contributed by atoms with Crippen LogP contribution in [0, 0.1) is 0 Å². The average molecular weight is 475 g/mol. The normalized spacial score (nSPS) is 15.6. The number of nitrogens with zero attached hydrogens (tertiary/aromatic N) is 2. The van der Waals surface area contributed by atoms with E-state index in [2.05, 4.69) is 0 Å². The van der Waals surface area contributed by atoms with Gasteiger partial charge in [-0.25, -0.2) is 8.42 Å². The van der Waals surface area contributed by atoms with E-state index < -0.39 is 10.0 Å². The molecule has 0 radical (unpaired) electrons. The number of para-hydroxylation sites is 1. The highest BCUT2D eigenvalue weighted by Gasteiger charge is 2.34. The first kappa shape index (κ1) is 21.7. The molecule has 0 bridgehead atoms. The Kier molecular flexibility index (Phi) is 5.97. The Labute approximate surface area is 191 Å². The number of amides is 1. The van der Waals surface area contributed by atoms with Crippen LogP contribution in [0.15, 0.2) is 77.7 Å². The van der Waals surface area contributed by atoms with Gasteiger partial charge >= 0.3 is 0 Å². The van der Waals surface area contributed by atoms with Gasteiger partial charge in [-0.1, -0.05) is 47.5 Å². The smallest absolute Gasteiger partial charge is 0.264 e. The van der Waals surface area contributed by atoms with Crippen LogP contribution < -0.4 is 9.21 Å². The van der Waals surface area contributed by atoms with E-state index in [4.69, 9.17) is 23.2 Å². The van der Waals surface area contributed by atoms with Gasteiger partial charge in [0.1, 0.15) is 6.54 Å². The molecule has 0 spiro atoms. The highest BCUT2D eigenvalue weighted by Crippen LogP contribution is 2.33. The van der Waals surface area contributed by atoms with Crippen LogP contribution in [0.5, 0.6) is 0 Å². The average Bonchev–Trinajstić information content (AvgIpc) is 3.07. The molecule has 31 heavy (non-hydrogen) atoms. The molecule has 1 amide bonds. The lowest BCUT2D eigenvalue weighted by molar-refractivity contribution is -0.117. The summed E-state index contributed by atoms with van der Waals surface area (Å²) in [5.41, 5.74) is 2.20. The highest BCUT2D eigenvalue weighted by atomic mass is 35.5. The highest BCUT2D eigenvalue weighted by molar-refractivity contribution is 7.92. The summed E-state index contributed by atoms with van der Waals surface area (Å²) in [7, 11) is -4.04. The number of carbonyl (C=O) groups is 1. The van der Waals surface area contributed by atoms with Crippen LogP contribution in [0.3, 0.4) is 0 Å². The first-order valence-electron chi connectivity index (χ1n) is 9.71. The van der Waals surface area contributed by atoms with E-state index >= 15 is 0 Å². The van der Waals surface area contributed by atoms with Crippen molar-refractivity contribution in [2.24, 2.45) is 0 Å².